The van der Waals surface area contributed by atoms with Crippen molar-refractivity contribution in [2.45, 2.75) is 12.7 Å². The first-order valence-corrected chi connectivity index (χ1v) is 9.97. The van der Waals surface area contributed by atoms with Crippen molar-refractivity contribution in [3.63, 3.8) is 0 Å². The van der Waals surface area contributed by atoms with Gasteiger partial charge in [0.1, 0.15) is 0 Å². The number of rotatable bonds is 5. The predicted molar refractivity (Wildman–Crippen MR) is 115 cm³/mol. The van der Waals surface area contributed by atoms with Crippen LogP contribution in [0.1, 0.15) is 5.56 Å². The Bertz CT molecular complexity index is 765. The summed E-state index contributed by atoms with van der Waals surface area (Å²) in [5.74, 6) is 0. The summed E-state index contributed by atoms with van der Waals surface area (Å²) in [6.45, 7) is 1.40. The summed E-state index contributed by atoms with van der Waals surface area (Å²) in [6, 6.07) is 30.4. The van der Waals surface area contributed by atoms with Crippen molar-refractivity contribution in [2.75, 3.05) is 13.2 Å². The maximum atomic E-state index is 5.61. The normalized spacial score (nSPS) is 14.3. The molecular weight excluding hydrogens is 407 g/mol. The highest BCUT2D eigenvalue weighted by molar-refractivity contribution is 8.93. The topological polar surface area (TPSA) is 18.5 Å². The van der Waals surface area contributed by atoms with Crippen LogP contribution in [0.3, 0.4) is 0 Å². The number of benzene rings is 3. The third-order valence-electron chi connectivity index (χ3n) is 4.29. The van der Waals surface area contributed by atoms with Crippen LogP contribution in [0.15, 0.2) is 84.9 Å². The lowest BCUT2D eigenvalue weighted by Gasteiger charge is -2.20. The first-order valence-electron chi connectivity index (χ1n) is 8.62. The predicted octanol–water partition coefficient (Wildman–Crippen LogP) is 3.94. The van der Waals surface area contributed by atoms with Crippen LogP contribution >= 0.6 is 24.9 Å². The van der Waals surface area contributed by atoms with Crippen molar-refractivity contribution < 1.29 is 9.47 Å². The van der Waals surface area contributed by atoms with Gasteiger partial charge in [-0.15, -0.1) is 17.0 Å². The molecule has 0 aliphatic carbocycles. The third-order valence-corrected chi connectivity index (χ3v) is 6.71. The summed E-state index contributed by atoms with van der Waals surface area (Å²) >= 11 is 0. The maximum absolute atomic E-state index is 5.61. The Morgan fingerprint density at radius 2 is 1.23 bits per heavy atom. The van der Waals surface area contributed by atoms with Gasteiger partial charge in [0.25, 0.3) is 0 Å². The second-order valence-corrected chi connectivity index (χ2v) is 8.27. The molecule has 1 aliphatic heterocycles. The third kappa shape index (κ3) is 4.61. The SMILES string of the molecule is Br.c1ccc(P(c2ccccc2)c2cccc(CC3OCCO3)c2)cc1. The Morgan fingerprint density at radius 3 is 1.81 bits per heavy atom. The highest BCUT2D eigenvalue weighted by Crippen LogP contribution is 2.32. The number of hydrogen-bond donors (Lipinski definition) is 0. The second-order valence-electron chi connectivity index (χ2n) is 6.05. The van der Waals surface area contributed by atoms with Crippen LogP contribution in [0.4, 0.5) is 0 Å². The van der Waals surface area contributed by atoms with Crippen LogP contribution in [-0.2, 0) is 15.9 Å². The van der Waals surface area contributed by atoms with Gasteiger partial charge in [-0.25, -0.2) is 0 Å². The van der Waals surface area contributed by atoms with Crippen LogP contribution in [0.2, 0.25) is 0 Å². The Balaban J connectivity index is 0.00000196. The molecule has 2 nitrogen and oxygen atoms in total. The zero-order valence-electron chi connectivity index (χ0n) is 14.5. The molecule has 4 heteroatoms. The molecule has 1 fully saturated rings. The van der Waals surface area contributed by atoms with Crippen LogP contribution in [0, 0.1) is 0 Å². The zero-order valence-corrected chi connectivity index (χ0v) is 17.1. The van der Waals surface area contributed by atoms with E-state index in [0.29, 0.717) is 13.2 Å². The minimum absolute atomic E-state index is 0. The first kappa shape index (κ1) is 19.3. The summed E-state index contributed by atoms with van der Waals surface area (Å²) in [5.41, 5.74) is 1.27. The molecule has 4 rings (SSSR count). The molecule has 0 spiro atoms. The minimum Gasteiger partial charge on any atom is -0.350 e. The monoisotopic (exact) mass is 428 g/mol. The molecule has 1 aliphatic rings. The van der Waals surface area contributed by atoms with E-state index in [2.05, 4.69) is 84.9 Å². The molecule has 0 amide bonds. The lowest BCUT2D eigenvalue weighted by atomic mass is 10.1. The van der Waals surface area contributed by atoms with E-state index in [1.165, 1.54) is 21.5 Å². The van der Waals surface area contributed by atoms with Gasteiger partial charge >= 0.3 is 0 Å². The van der Waals surface area contributed by atoms with Crippen LogP contribution in [0.5, 0.6) is 0 Å². The zero-order chi connectivity index (χ0) is 16.9. The lowest BCUT2D eigenvalue weighted by molar-refractivity contribution is -0.0399. The number of halogens is 1. The van der Waals surface area contributed by atoms with E-state index in [1.54, 1.807) is 0 Å². The van der Waals surface area contributed by atoms with Gasteiger partial charge in [0.15, 0.2) is 6.29 Å². The molecule has 3 aromatic rings. The fourth-order valence-electron chi connectivity index (χ4n) is 3.14. The second kappa shape index (κ2) is 9.43. The van der Waals surface area contributed by atoms with E-state index < -0.39 is 7.92 Å². The van der Waals surface area contributed by atoms with Crippen molar-refractivity contribution in [3.8, 4) is 0 Å². The fraction of sp³-hybridized carbons (Fsp3) is 0.182. The van der Waals surface area contributed by atoms with Crippen molar-refractivity contribution >= 4 is 40.8 Å². The summed E-state index contributed by atoms with van der Waals surface area (Å²) in [5, 5.41) is 4.10. The average molecular weight is 429 g/mol. The van der Waals surface area contributed by atoms with E-state index in [0.717, 1.165) is 6.42 Å². The van der Waals surface area contributed by atoms with Gasteiger partial charge in [0, 0.05) is 6.42 Å². The van der Waals surface area contributed by atoms with E-state index in [9.17, 15) is 0 Å². The van der Waals surface area contributed by atoms with Crippen molar-refractivity contribution in [1.82, 2.24) is 0 Å². The summed E-state index contributed by atoms with van der Waals surface area (Å²) < 4.78 is 11.2. The lowest BCUT2D eigenvalue weighted by Crippen LogP contribution is -2.21. The van der Waals surface area contributed by atoms with Crippen molar-refractivity contribution in [3.05, 3.63) is 90.5 Å². The molecular formula is C22H22BrO2P. The van der Waals surface area contributed by atoms with E-state index >= 15 is 0 Å². The molecule has 0 atom stereocenters. The summed E-state index contributed by atoms with van der Waals surface area (Å²) in [6.07, 6.45) is 0.704. The highest BCUT2D eigenvalue weighted by atomic mass is 79.9. The fourth-order valence-corrected chi connectivity index (χ4v) is 5.51. The molecule has 0 saturated carbocycles. The van der Waals surface area contributed by atoms with Crippen molar-refractivity contribution in [1.29, 1.82) is 0 Å². The van der Waals surface area contributed by atoms with Gasteiger partial charge < -0.3 is 9.47 Å². The van der Waals surface area contributed by atoms with E-state index in [1.807, 2.05) is 0 Å². The van der Waals surface area contributed by atoms with Gasteiger partial charge in [-0.3, -0.25) is 0 Å². The minimum atomic E-state index is -0.562. The Labute approximate surface area is 166 Å². The van der Waals surface area contributed by atoms with Gasteiger partial charge in [-0.2, -0.15) is 0 Å². The molecule has 134 valence electrons. The van der Waals surface area contributed by atoms with Crippen molar-refractivity contribution in [2.24, 2.45) is 0 Å². The molecule has 0 aromatic heterocycles. The molecule has 0 bridgehead atoms. The van der Waals surface area contributed by atoms with E-state index in [4.69, 9.17) is 9.47 Å². The van der Waals surface area contributed by atoms with Crippen LogP contribution < -0.4 is 15.9 Å². The Hall–Kier alpha value is -1.51. The Kier molecular flexibility index (Phi) is 6.99. The molecule has 1 heterocycles. The van der Waals surface area contributed by atoms with Gasteiger partial charge in [-0.1, -0.05) is 84.9 Å². The smallest absolute Gasteiger partial charge is 0.161 e. The van der Waals surface area contributed by atoms with Crippen LogP contribution in [0.25, 0.3) is 0 Å². The van der Waals surface area contributed by atoms with E-state index in [-0.39, 0.29) is 23.3 Å². The van der Waals surface area contributed by atoms with Crippen LogP contribution in [-0.4, -0.2) is 19.5 Å². The largest absolute Gasteiger partial charge is 0.350 e. The quantitative estimate of drug-likeness (QED) is 0.573. The molecule has 0 unspecified atom stereocenters. The average Bonchev–Trinajstić information content (AvgIpc) is 3.17. The standard InChI is InChI=1S/C22H21O2P.BrH/c1-3-9-19(10-4-1)25(20-11-5-2-6-12-20)21-13-7-8-18(16-21)17-22-23-14-15-24-22;/h1-13,16,22H,14-15,17H2;1H. The molecule has 0 radical (unpaired) electrons. The van der Waals surface area contributed by atoms with Gasteiger partial charge in [0.05, 0.1) is 13.2 Å². The molecule has 3 aromatic carbocycles. The first-order chi connectivity index (χ1) is 12.4. The molecule has 0 N–H and O–H groups in total. The molecule has 26 heavy (non-hydrogen) atoms. The maximum Gasteiger partial charge on any atom is 0.161 e. The summed E-state index contributed by atoms with van der Waals surface area (Å²) in [7, 11) is -0.562. The van der Waals surface area contributed by atoms with Gasteiger partial charge in [0.2, 0.25) is 0 Å². The molecule has 1 saturated heterocycles. The number of ether oxygens (including phenoxy) is 2. The van der Waals surface area contributed by atoms with Gasteiger partial charge in [-0.05, 0) is 29.4 Å². The Morgan fingerprint density at radius 1 is 0.692 bits per heavy atom. The summed E-state index contributed by atoms with van der Waals surface area (Å²) in [4.78, 5) is 0. The highest BCUT2D eigenvalue weighted by Gasteiger charge is 2.19. The number of hydrogen-bond acceptors (Lipinski definition) is 2.